The number of hydrogen-bond donors (Lipinski definition) is 1. The SMILES string of the molecule is CN(C)CC(=O)NCc1ccc(F)cc1. The Bertz CT molecular complexity index is 322. The highest BCUT2D eigenvalue weighted by Crippen LogP contribution is 2.01. The number of carbonyl (C=O) groups excluding carboxylic acids is 1. The van der Waals surface area contributed by atoms with Crippen LogP contribution in [0.1, 0.15) is 5.56 Å². The van der Waals surface area contributed by atoms with Gasteiger partial charge in [0.05, 0.1) is 6.54 Å². The third kappa shape index (κ3) is 4.56. The topological polar surface area (TPSA) is 32.3 Å². The van der Waals surface area contributed by atoms with Crippen LogP contribution in [0.3, 0.4) is 0 Å². The highest BCUT2D eigenvalue weighted by atomic mass is 19.1. The third-order valence-corrected chi connectivity index (χ3v) is 1.86. The first-order chi connectivity index (χ1) is 7.08. The second kappa shape index (κ2) is 5.46. The molecule has 1 rings (SSSR count). The molecule has 0 radical (unpaired) electrons. The van der Waals surface area contributed by atoms with Crippen LogP contribution in [0.5, 0.6) is 0 Å². The molecule has 1 aromatic carbocycles. The maximum atomic E-state index is 12.6. The lowest BCUT2D eigenvalue weighted by Crippen LogP contribution is -2.32. The van der Waals surface area contributed by atoms with Gasteiger partial charge in [-0.1, -0.05) is 12.1 Å². The largest absolute Gasteiger partial charge is 0.351 e. The number of rotatable bonds is 4. The number of benzene rings is 1. The van der Waals surface area contributed by atoms with Crippen molar-refractivity contribution >= 4 is 5.91 Å². The van der Waals surface area contributed by atoms with Crippen LogP contribution in [0.15, 0.2) is 24.3 Å². The summed E-state index contributed by atoms with van der Waals surface area (Å²) < 4.78 is 12.6. The molecule has 0 spiro atoms. The van der Waals surface area contributed by atoms with Gasteiger partial charge in [-0.3, -0.25) is 4.79 Å². The molecular formula is C11H15FN2O. The van der Waals surface area contributed by atoms with E-state index in [4.69, 9.17) is 0 Å². The smallest absolute Gasteiger partial charge is 0.234 e. The van der Waals surface area contributed by atoms with Crippen LogP contribution in [0.4, 0.5) is 4.39 Å². The first-order valence-corrected chi connectivity index (χ1v) is 4.74. The zero-order valence-corrected chi connectivity index (χ0v) is 8.96. The van der Waals surface area contributed by atoms with E-state index in [0.29, 0.717) is 13.1 Å². The Hall–Kier alpha value is -1.42. The van der Waals surface area contributed by atoms with Crippen molar-refractivity contribution in [2.45, 2.75) is 6.54 Å². The molecule has 82 valence electrons. The number of nitrogens with one attached hydrogen (secondary N) is 1. The van der Waals surface area contributed by atoms with Crippen LogP contribution in [-0.4, -0.2) is 31.4 Å². The van der Waals surface area contributed by atoms with Crippen LogP contribution in [0.25, 0.3) is 0 Å². The van der Waals surface area contributed by atoms with Crippen LogP contribution in [-0.2, 0) is 11.3 Å². The maximum absolute atomic E-state index is 12.6. The van der Waals surface area contributed by atoms with Crippen molar-refractivity contribution in [1.82, 2.24) is 10.2 Å². The number of nitrogens with zero attached hydrogens (tertiary/aromatic N) is 1. The zero-order chi connectivity index (χ0) is 11.3. The van der Waals surface area contributed by atoms with Crippen LogP contribution >= 0.6 is 0 Å². The van der Waals surface area contributed by atoms with E-state index in [0.717, 1.165) is 5.56 Å². The van der Waals surface area contributed by atoms with Gasteiger partial charge in [-0.15, -0.1) is 0 Å². The molecule has 0 unspecified atom stereocenters. The fourth-order valence-electron chi connectivity index (χ4n) is 1.15. The summed E-state index contributed by atoms with van der Waals surface area (Å²) in [5.74, 6) is -0.303. The number of carbonyl (C=O) groups is 1. The first kappa shape index (κ1) is 11.7. The molecule has 1 aromatic rings. The van der Waals surface area contributed by atoms with Gasteiger partial charge >= 0.3 is 0 Å². The molecule has 0 saturated carbocycles. The van der Waals surface area contributed by atoms with Crippen molar-refractivity contribution in [1.29, 1.82) is 0 Å². The first-order valence-electron chi connectivity index (χ1n) is 4.74. The van der Waals surface area contributed by atoms with Gasteiger partial charge in [-0.2, -0.15) is 0 Å². The fraction of sp³-hybridized carbons (Fsp3) is 0.364. The highest BCUT2D eigenvalue weighted by molar-refractivity contribution is 5.77. The summed E-state index contributed by atoms with van der Waals surface area (Å²) >= 11 is 0. The third-order valence-electron chi connectivity index (χ3n) is 1.86. The Balaban J connectivity index is 2.37. The van der Waals surface area contributed by atoms with Gasteiger partial charge in [0.15, 0.2) is 0 Å². The minimum Gasteiger partial charge on any atom is -0.351 e. The van der Waals surface area contributed by atoms with E-state index >= 15 is 0 Å². The lowest BCUT2D eigenvalue weighted by atomic mass is 10.2. The quantitative estimate of drug-likeness (QED) is 0.804. The highest BCUT2D eigenvalue weighted by Gasteiger charge is 2.02. The van der Waals surface area contributed by atoms with Gasteiger partial charge in [0.1, 0.15) is 5.82 Å². The molecule has 0 aliphatic carbocycles. The number of hydrogen-bond acceptors (Lipinski definition) is 2. The standard InChI is InChI=1S/C11H15FN2O/c1-14(2)8-11(15)13-7-9-3-5-10(12)6-4-9/h3-6H,7-8H2,1-2H3,(H,13,15). The lowest BCUT2D eigenvalue weighted by Gasteiger charge is -2.09. The molecule has 3 nitrogen and oxygen atoms in total. The van der Waals surface area contributed by atoms with Crippen molar-refractivity contribution in [2.24, 2.45) is 0 Å². The summed E-state index contributed by atoms with van der Waals surface area (Å²) in [5, 5.41) is 2.75. The summed E-state index contributed by atoms with van der Waals surface area (Å²) in [6, 6.07) is 6.08. The molecule has 15 heavy (non-hydrogen) atoms. The van der Waals surface area contributed by atoms with Gasteiger partial charge in [0.25, 0.3) is 0 Å². The van der Waals surface area contributed by atoms with Crippen molar-refractivity contribution < 1.29 is 9.18 Å². The van der Waals surface area contributed by atoms with Gasteiger partial charge < -0.3 is 10.2 Å². The fourth-order valence-corrected chi connectivity index (χ4v) is 1.15. The van der Waals surface area contributed by atoms with Gasteiger partial charge in [-0.25, -0.2) is 4.39 Å². The normalized spacial score (nSPS) is 10.4. The van der Waals surface area contributed by atoms with Crippen molar-refractivity contribution in [3.05, 3.63) is 35.6 Å². The molecule has 0 heterocycles. The van der Waals surface area contributed by atoms with E-state index in [2.05, 4.69) is 5.32 Å². The monoisotopic (exact) mass is 210 g/mol. The molecule has 0 fully saturated rings. The molecule has 0 saturated heterocycles. The Morgan fingerprint density at radius 1 is 1.33 bits per heavy atom. The maximum Gasteiger partial charge on any atom is 0.234 e. The van der Waals surface area contributed by atoms with E-state index in [1.165, 1.54) is 12.1 Å². The Labute approximate surface area is 88.9 Å². The molecule has 1 N–H and O–H groups in total. The van der Waals surface area contributed by atoms with E-state index < -0.39 is 0 Å². The predicted octanol–water partition coefficient (Wildman–Crippen LogP) is 1.00. The lowest BCUT2D eigenvalue weighted by molar-refractivity contribution is -0.121. The summed E-state index contributed by atoms with van der Waals surface area (Å²) in [5.41, 5.74) is 0.892. The average molecular weight is 210 g/mol. The van der Waals surface area contributed by atoms with Crippen molar-refractivity contribution in [2.75, 3.05) is 20.6 Å². The number of likely N-dealkylation sites (N-methyl/N-ethyl adjacent to an activating group) is 1. The second-order valence-corrected chi connectivity index (χ2v) is 3.64. The minimum atomic E-state index is -0.265. The van der Waals surface area contributed by atoms with Crippen LogP contribution in [0.2, 0.25) is 0 Å². The molecule has 0 bridgehead atoms. The van der Waals surface area contributed by atoms with E-state index in [9.17, 15) is 9.18 Å². The van der Waals surface area contributed by atoms with Crippen molar-refractivity contribution in [3.8, 4) is 0 Å². The Kier molecular flexibility index (Phi) is 4.24. The summed E-state index contributed by atoms with van der Waals surface area (Å²) in [4.78, 5) is 13.1. The summed E-state index contributed by atoms with van der Waals surface area (Å²) in [7, 11) is 3.66. The second-order valence-electron chi connectivity index (χ2n) is 3.64. The van der Waals surface area contributed by atoms with Crippen LogP contribution < -0.4 is 5.32 Å². The number of amides is 1. The zero-order valence-electron chi connectivity index (χ0n) is 8.96. The Morgan fingerprint density at radius 2 is 1.93 bits per heavy atom. The summed E-state index contributed by atoms with van der Waals surface area (Å²) in [6.07, 6.45) is 0. The van der Waals surface area contributed by atoms with E-state index in [1.54, 1.807) is 17.0 Å². The molecule has 0 aliphatic heterocycles. The van der Waals surface area contributed by atoms with Crippen LogP contribution in [0, 0.1) is 5.82 Å². The van der Waals surface area contributed by atoms with Gasteiger partial charge in [0, 0.05) is 6.54 Å². The van der Waals surface area contributed by atoms with Crippen molar-refractivity contribution in [3.63, 3.8) is 0 Å². The molecule has 4 heteroatoms. The van der Waals surface area contributed by atoms with Gasteiger partial charge in [-0.05, 0) is 31.8 Å². The van der Waals surface area contributed by atoms with E-state index in [-0.39, 0.29) is 11.7 Å². The van der Waals surface area contributed by atoms with Gasteiger partial charge in [0.2, 0.25) is 5.91 Å². The average Bonchev–Trinajstić information content (AvgIpc) is 2.16. The molecular weight excluding hydrogens is 195 g/mol. The predicted molar refractivity (Wildman–Crippen MR) is 56.8 cm³/mol. The van der Waals surface area contributed by atoms with E-state index in [1.807, 2.05) is 14.1 Å². The molecule has 0 aliphatic rings. The number of halogens is 1. The summed E-state index contributed by atoms with van der Waals surface area (Å²) in [6.45, 7) is 0.800. The molecule has 0 aromatic heterocycles. The molecule has 0 atom stereocenters. The Morgan fingerprint density at radius 3 is 2.47 bits per heavy atom. The minimum absolute atomic E-state index is 0.0377. The molecule has 1 amide bonds.